The summed E-state index contributed by atoms with van der Waals surface area (Å²) in [4.78, 5) is 26.9. The number of carbonyl (C=O) groups is 1. The average Bonchev–Trinajstić information content (AvgIpc) is 3.15. The molecule has 3 rings (SSSR count). The van der Waals surface area contributed by atoms with E-state index in [1.54, 1.807) is 0 Å². The number of nitriles is 1. The lowest BCUT2D eigenvalue weighted by Crippen LogP contribution is -2.49. The van der Waals surface area contributed by atoms with Crippen LogP contribution in [0.3, 0.4) is 0 Å². The van der Waals surface area contributed by atoms with Crippen molar-refractivity contribution in [2.75, 3.05) is 11.9 Å². The number of rotatable bonds is 6. The lowest BCUT2D eigenvalue weighted by Gasteiger charge is -2.25. The first kappa shape index (κ1) is 24.7. The molecule has 3 aromatic heterocycles. The summed E-state index contributed by atoms with van der Waals surface area (Å²) in [6, 6.07) is 2.72. The normalized spacial score (nSPS) is 12.4. The Hall–Kier alpha value is -3.89. The zero-order valence-electron chi connectivity index (χ0n) is 17.7. The van der Waals surface area contributed by atoms with Crippen molar-refractivity contribution >= 4 is 22.9 Å². The summed E-state index contributed by atoms with van der Waals surface area (Å²) in [5.41, 5.74) is -2.27. The Labute approximate surface area is 188 Å². The molecule has 0 aliphatic rings. The number of pyridine rings is 1. The molecule has 0 fully saturated rings. The molecule has 0 saturated heterocycles. The van der Waals surface area contributed by atoms with Gasteiger partial charge in [0.25, 0.3) is 0 Å². The second-order valence-corrected chi connectivity index (χ2v) is 7.76. The van der Waals surface area contributed by atoms with Crippen LogP contribution in [-0.4, -0.2) is 44.1 Å². The minimum Gasteiger partial charge on any atom is -0.354 e. The van der Waals surface area contributed by atoms with E-state index < -0.39 is 42.3 Å². The Kier molecular flexibility index (Phi) is 6.41. The van der Waals surface area contributed by atoms with E-state index in [2.05, 4.69) is 30.6 Å². The molecule has 0 aliphatic heterocycles. The van der Waals surface area contributed by atoms with Gasteiger partial charge in [0.05, 0.1) is 29.4 Å². The van der Waals surface area contributed by atoms with E-state index >= 15 is 0 Å². The standard InChI is InChI=1S/C20H17F6N7O/c1-18(2,16(34)28-4-3-19(21,22)23)33-17-31-7-10(6-27)14(32-17)13-9-30-15-12(13)5-11(8-29-15)20(24,25)26/h5,7-9H,3-4H2,1-2H3,(H,28,34)(H,29,30)(H,31,32,33). The Morgan fingerprint density at radius 1 is 1.15 bits per heavy atom. The van der Waals surface area contributed by atoms with Crippen LogP contribution in [0.4, 0.5) is 32.3 Å². The summed E-state index contributed by atoms with van der Waals surface area (Å²) in [5, 5.41) is 14.3. The molecule has 14 heteroatoms. The van der Waals surface area contributed by atoms with Crippen LogP contribution in [0.2, 0.25) is 0 Å². The van der Waals surface area contributed by atoms with E-state index in [1.165, 1.54) is 20.0 Å². The SMILES string of the molecule is CC(C)(Nc1ncc(C#N)c(-c2c[nH]c3ncc(C(F)(F)F)cc23)n1)C(=O)NCCC(F)(F)F. The van der Waals surface area contributed by atoms with Crippen molar-refractivity contribution in [1.82, 2.24) is 25.3 Å². The molecule has 0 bridgehead atoms. The lowest BCUT2D eigenvalue weighted by molar-refractivity contribution is -0.138. The van der Waals surface area contributed by atoms with Crippen LogP contribution in [0.1, 0.15) is 31.4 Å². The summed E-state index contributed by atoms with van der Waals surface area (Å²) < 4.78 is 76.4. The van der Waals surface area contributed by atoms with Gasteiger partial charge in [-0.2, -0.15) is 31.6 Å². The van der Waals surface area contributed by atoms with E-state index in [-0.39, 0.29) is 33.8 Å². The van der Waals surface area contributed by atoms with Gasteiger partial charge in [0.15, 0.2) is 0 Å². The molecule has 3 aromatic rings. The number of anilines is 1. The van der Waals surface area contributed by atoms with Crippen molar-refractivity contribution in [2.45, 2.75) is 38.2 Å². The topological polar surface area (TPSA) is 119 Å². The van der Waals surface area contributed by atoms with Crippen LogP contribution < -0.4 is 10.6 Å². The summed E-state index contributed by atoms with van der Waals surface area (Å²) in [6.45, 7) is 2.13. The van der Waals surface area contributed by atoms with E-state index in [0.717, 1.165) is 12.3 Å². The van der Waals surface area contributed by atoms with Crippen molar-refractivity contribution in [3.8, 4) is 17.3 Å². The summed E-state index contributed by atoms with van der Waals surface area (Å²) in [5.74, 6) is -0.934. The van der Waals surface area contributed by atoms with Gasteiger partial charge in [0.2, 0.25) is 11.9 Å². The van der Waals surface area contributed by atoms with E-state index in [4.69, 9.17) is 0 Å². The molecule has 0 aromatic carbocycles. The van der Waals surface area contributed by atoms with Gasteiger partial charge in [-0.05, 0) is 19.9 Å². The van der Waals surface area contributed by atoms with Gasteiger partial charge in [-0.1, -0.05) is 0 Å². The number of alkyl halides is 6. The van der Waals surface area contributed by atoms with Crippen LogP contribution >= 0.6 is 0 Å². The second-order valence-electron chi connectivity index (χ2n) is 7.76. The predicted molar refractivity (Wildman–Crippen MR) is 108 cm³/mol. The van der Waals surface area contributed by atoms with Crippen molar-refractivity contribution in [3.05, 3.63) is 35.8 Å². The number of fused-ring (bicyclic) bond motifs is 1. The third-order valence-electron chi connectivity index (χ3n) is 4.71. The number of nitrogens with one attached hydrogen (secondary N) is 3. The monoisotopic (exact) mass is 485 g/mol. The van der Waals surface area contributed by atoms with Crippen LogP contribution in [0.15, 0.2) is 24.7 Å². The van der Waals surface area contributed by atoms with E-state index in [1.807, 2.05) is 6.07 Å². The second kappa shape index (κ2) is 8.81. The van der Waals surface area contributed by atoms with Crippen molar-refractivity contribution in [1.29, 1.82) is 5.26 Å². The number of amides is 1. The van der Waals surface area contributed by atoms with Crippen LogP contribution in [0.5, 0.6) is 0 Å². The molecule has 3 N–H and O–H groups in total. The molecule has 0 saturated carbocycles. The van der Waals surface area contributed by atoms with Crippen LogP contribution in [0.25, 0.3) is 22.3 Å². The zero-order chi connectivity index (χ0) is 25.3. The maximum atomic E-state index is 13.1. The number of aromatic nitrogens is 4. The van der Waals surface area contributed by atoms with E-state index in [0.29, 0.717) is 6.20 Å². The lowest BCUT2D eigenvalue weighted by atomic mass is 10.0. The molecule has 0 spiro atoms. The van der Waals surface area contributed by atoms with Gasteiger partial charge in [-0.15, -0.1) is 0 Å². The predicted octanol–water partition coefficient (Wildman–Crippen LogP) is 4.17. The van der Waals surface area contributed by atoms with Crippen molar-refractivity contribution in [2.24, 2.45) is 0 Å². The summed E-state index contributed by atoms with van der Waals surface area (Å²) in [6.07, 6.45) is -7.17. The smallest absolute Gasteiger partial charge is 0.354 e. The number of halogens is 6. The summed E-state index contributed by atoms with van der Waals surface area (Å²) >= 11 is 0. The summed E-state index contributed by atoms with van der Waals surface area (Å²) in [7, 11) is 0. The molecule has 1 amide bonds. The quantitative estimate of drug-likeness (QED) is 0.451. The molecule has 0 aliphatic carbocycles. The van der Waals surface area contributed by atoms with Crippen LogP contribution in [-0.2, 0) is 11.0 Å². The molecular weight excluding hydrogens is 468 g/mol. The number of carbonyl (C=O) groups excluding carboxylic acids is 1. The highest BCUT2D eigenvalue weighted by molar-refractivity contribution is 5.94. The van der Waals surface area contributed by atoms with Gasteiger partial charge in [-0.3, -0.25) is 4.79 Å². The highest BCUT2D eigenvalue weighted by Gasteiger charge is 2.33. The first-order valence-corrected chi connectivity index (χ1v) is 9.66. The van der Waals surface area contributed by atoms with E-state index in [9.17, 15) is 36.4 Å². The number of aromatic amines is 1. The Morgan fingerprint density at radius 2 is 1.85 bits per heavy atom. The van der Waals surface area contributed by atoms with Gasteiger partial charge in [0.1, 0.15) is 17.3 Å². The molecule has 8 nitrogen and oxygen atoms in total. The number of nitrogens with zero attached hydrogens (tertiary/aromatic N) is 4. The molecule has 0 radical (unpaired) electrons. The minimum atomic E-state index is -4.64. The van der Waals surface area contributed by atoms with Crippen LogP contribution in [0, 0.1) is 11.3 Å². The van der Waals surface area contributed by atoms with Gasteiger partial charge in [0, 0.05) is 29.9 Å². The first-order chi connectivity index (χ1) is 15.7. The maximum absolute atomic E-state index is 13.1. The number of hydrogen-bond acceptors (Lipinski definition) is 6. The fourth-order valence-electron chi connectivity index (χ4n) is 2.96. The molecule has 0 atom stereocenters. The molecule has 34 heavy (non-hydrogen) atoms. The number of H-pyrrole nitrogens is 1. The largest absolute Gasteiger partial charge is 0.417 e. The highest BCUT2D eigenvalue weighted by atomic mass is 19.4. The Balaban J connectivity index is 1.93. The Bertz CT molecular complexity index is 1260. The molecule has 180 valence electrons. The first-order valence-electron chi connectivity index (χ1n) is 9.66. The zero-order valence-corrected chi connectivity index (χ0v) is 17.7. The van der Waals surface area contributed by atoms with Gasteiger partial charge >= 0.3 is 12.4 Å². The molecule has 0 unspecified atom stereocenters. The molecular formula is C20H17F6N7O. The average molecular weight is 485 g/mol. The third kappa shape index (κ3) is 5.53. The third-order valence-corrected chi connectivity index (χ3v) is 4.71. The minimum absolute atomic E-state index is 0.0272. The number of hydrogen-bond donors (Lipinski definition) is 3. The van der Waals surface area contributed by atoms with Gasteiger partial charge < -0.3 is 15.6 Å². The van der Waals surface area contributed by atoms with Crippen molar-refractivity contribution in [3.63, 3.8) is 0 Å². The van der Waals surface area contributed by atoms with Gasteiger partial charge in [-0.25, -0.2) is 15.0 Å². The fourth-order valence-corrected chi connectivity index (χ4v) is 2.96. The Morgan fingerprint density at radius 3 is 2.47 bits per heavy atom. The maximum Gasteiger partial charge on any atom is 0.417 e. The fraction of sp³-hybridized carbons (Fsp3) is 0.350. The van der Waals surface area contributed by atoms with Crippen molar-refractivity contribution < 1.29 is 31.1 Å². The highest BCUT2D eigenvalue weighted by Crippen LogP contribution is 2.34. The molecule has 3 heterocycles.